The molecule has 3 heteroatoms. The van der Waals surface area contributed by atoms with Gasteiger partial charge in [0.05, 0.1) is 12.1 Å². The molecule has 1 heterocycles. The topological polar surface area (TPSA) is 36.4 Å². The zero-order valence-corrected chi connectivity index (χ0v) is 12.0. The maximum Gasteiger partial charge on any atom is 0.135 e. The van der Waals surface area contributed by atoms with Gasteiger partial charge in [-0.3, -0.25) is 0 Å². The van der Waals surface area contributed by atoms with Gasteiger partial charge in [-0.1, -0.05) is 31.0 Å². The monoisotopic (exact) mass is 270 g/mol. The summed E-state index contributed by atoms with van der Waals surface area (Å²) in [6.07, 6.45) is 5.10. The first-order chi connectivity index (χ1) is 9.83. The van der Waals surface area contributed by atoms with Gasteiger partial charge in [0, 0.05) is 23.5 Å². The number of pyridine rings is 1. The Labute approximate surface area is 120 Å². The van der Waals surface area contributed by atoms with Crippen molar-refractivity contribution in [2.75, 3.05) is 11.4 Å². The average molecular weight is 270 g/mol. The van der Waals surface area contributed by atoms with E-state index < -0.39 is 0 Å². The fraction of sp³-hybridized carbons (Fsp3) is 0.471. The maximum atomic E-state index is 9.70. The van der Waals surface area contributed by atoms with Crippen LogP contribution in [0.4, 0.5) is 5.82 Å². The summed E-state index contributed by atoms with van der Waals surface area (Å²) in [5, 5.41) is 10.8. The number of anilines is 1. The highest BCUT2D eigenvalue weighted by Crippen LogP contribution is 2.30. The van der Waals surface area contributed by atoms with Gasteiger partial charge in [-0.15, -0.1) is 0 Å². The second kappa shape index (κ2) is 5.80. The summed E-state index contributed by atoms with van der Waals surface area (Å²) >= 11 is 0. The highest BCUT2D eigenvalue weighted by molar-refractivity contribution is 5.81. The number of aliphatic hydroxyl groups is 1. The Hall–Kier alpha value is -1.61. The Balaban J connectivity index is 2.07. The maximum absolute atomic E-state index is 9.70. The van der Waals surface area contributed by atoms with Crippen molar-refractivity contribution in [3.8, 4) is 0 Å². The molecule has 0 aliphatic heterocycles. The lowest BCUT2D eigenvalue weighted by atomic mass is 10.1. The molecular formula is C17H22N2O. The molecule has 1 aliphatic carbocycles. The number of para-hydroxylation sites is 1. The highest BCUT2D eigenvalue weighted by atomic mass is 16.3. The van der Waals surface area contributed by atoms with Crippen LogP contribution >= 0.6 is 0 Å². The molecule has 1 N–H and O–H groups in total. The number of fused-ring (bicyclic) bond motifs is 1. The van der Waals surface area contributed by atoms with Crippen LogP contribution < -0.4 is 4.90 Å². The molecule has 1 aliphatic rings. The minimum absolute atomic E-state index is 0.0520. The zero-order chi connectivity index (χ0) is 13.9. The smallest absolute Gasteiger partial charge is 0.135 e. The number of aliphatic hydroxyl groups excluding tert-OH is 1. The molecule has 3 nitrogen and oxygen atoms in total. The van der Waals surface area contributed by atoms with Gasteiger partial charge in [0.2, 0.25) is 0 Å². The minimum atomic E-state index is 0.0520. The fourth-order valence-corrected chi connectivity index (χ4v) is 3.31. The van der Waals surface area contributed by atoms with Crippen molar-refractivity contribution < 1.29 is 5.11 Å². The van der Waals surface area contributed by atoms with Gasteiger partial charge in [-0.25, -0.2) is 4.98 Å². The van der Waals surface area contributed by atoms with Crippen molar-refractivity contribution in [2.45, 2.75) is 45.3 Å². The molecule has 20 heavy (non-hydrogen) atoms. The lowest BCUT2D eigenvalue weighted by molar-refractivity contribution is 0.281. The number of rotatable bonds is 4. The summed E-state index contributed by atoms with van der Waals surface area (Å²) in [6.45, 7) is 3.18. The lowest BCUT2D eigenvalue weighted by Gasteiger charge is -2.30. The molecule has 0 atom stereocenters. The lowest BCUT2D eigenvalue weighted by Crippen LogP contribution is -2.34. The molecular weight excluding hydrogens is 248 g/mol. The third-order valence-corrected chi connectivity index (χ3v) is 4.33. The number of hydrogen-bond donors (Lipinski definition) is 1. The van der Waals surface area contributed by atoms with Gasteiger partial charge in [0.15, 0.2) is 0 Å². The average Bonchev–Trinajstić information content (AvgIpc) is 3.01. The Kier molecular flexibility index (Phi) is 3.88. The van der Waals surface area contributed by atoms with E-state index in [1.54, 1.807) is 0 Å². The van der Waals surface area contributed by atoms with E-state index >= 15 is 0 Å². The van der Waals surface area contributed by atoms with E-state index in [0.717, 1.165) is 28.8 Å². The molecule has 0 saturated heterocycles. The summed E-state index contributed by atoms with van der Waals surface area (Å²) in [7, 11) is 0. The SMILES string of the molecule is CCN(c1nc2ccccc2cc1CO)C1CCCC1. The fourth-order valence-electron chi connectivity index (χ4n) is 3.31. The normalized spacial score (nSPS) is 15.9. The second-order valence-electron chi connectivity index (χ2n) is 5.55. The first kappa shape index (κ1) is 13.4. The highest BCUT2D eigenvalue weighted by Gasteiger charge is 2.24. The van der Waals surface area contributed by atoms with E-state index in [9.17, 15) is 5.11 Å². The van der Waals surface area contributed by atoms with E-state index in [1.807, 2.05) is 18.2 Å². The first-order valence-electron chi connectivity index (χ1n) is 7.59. The zero-order valence-electron chi connectivity index (χ0n) is 12.0. The predicted molar refractivity (Wildman–Crippen MR) is 82.9 cm³/mol. The predicted octanol–water partition coefficient (Wildman–Crippen LogP) is 3.50. The van der Waals surface area contributed by atoms with Crippen LogP contribution in [-0.4, -0.2) is 22.7 Å². The molecule has 1 saturated carbocycles. The van der Waals surface area contributed by atoms with Crippen molar-refractivity contribution in [3.05, 3.63) is 35.9 Å². The van der Waals surface area contributed by atoms with Crippen LogP contribution in [0, 0.1) is 0 Å². The molecule has 0 radical (unpaired) electrons. The Bertz CT molecular complexity index is 591. The first-order valence-corrected chi connectivity index (χ1v) is 7.59. The van der Waals surface area contributed by atoms with Crippen molar-refractivity contribution in [2.24, 2.45) is 0 Å². The van der Waals surface area contributed by atoms with Gasteiger partial charge >= 0.3 is 0 Å². The van der Waals surface area contributed by atoms with Gasteiger partial charge in [0.1, 0.15) is 5.82 Å². The second-order valence-corrected chi connectivity index (χ2v) is 5.55. The number of hydrogen-bond acceptors (Lipinski definition) is 3. The van der Waals surface area contributed by atoms with E-state index in [0.29, 0.717) is 6.04 Å². The largest absolute Gasteiger partial charge is 0.392 e. The van der Waals surface area contributed by atoms with Gasteiger partial charge in [-0.05, 0) is 31.9 Å². The van der Waals surface area contributed by atoms with Gasteiger partial charge in [0.25, 0.3) is 0 Å². The van der Waals surface area contributed by atoms with Crippen molar-refractivity contribution in [3.63, 3.8) is 0 Å². The van der Waals surface area contributed by atoms with E-state index in [2.05, 4.69) is 24.0 Å². The van der Waals surface area contributed by atoms with E-state index in [4.69, 9.17) is 4.98 Å². The molecule has 0 unspecified atom stereocenters. The molecule has 1 fully saturated rings. The molecule has 3 rings (SSSR count). The molecule has 0 amide bonds. The van der Waals surface area contributed by atoms with Crippen LogP contribution in [0.3, 0.4) is 0 Å². The van der Waals surface area contributed by atoms with Crippen molar-refractivity contribution in [1.29, 1.82) is 0 Å². The number of benzene rings is 1. The Morgan fingerprint density at radius 3 is 2.70 bits per heavy atom. The minimum Gasteiger partial charge on any atom is -0.392 e. The molecule has 0 bridgehead atoms. The van der Waals surface area contributed by atoms with Crippen LogP contribution in [0.1, 0.15) is 38.2 Å². The molecule has 2 aromatic rings. The van der Waals surface area contributed by atoms with Crippen LogP contribution in [0.2, 0.25) is 0 Å². The third kappa shape index (κ3) is 2.38. The van der Waals surface area contributed by atoms with Crippen LogP contribution in [0.25, 0.3) is 10.9 Å². The summed E-state index contributed by atoms with van der Waals surface area (Å²) in [5.41, 5.74) is 1.95. The van der Waals surface area contributed by atoms with Gasteiger partial charge < -0.3 is 10.0 Å². The van der Waals surface area contributed by atoms with Crippen molar-refractivity contribution in [1.82, 2.24) is 4.98 Å². The number of aromatic nitrogens is 1. The van der Waals surface area contributed by atoms with E-state index in [1.165, 1.54) is 25.7 Å². The van der Waals surface area contributed by atoms with Crippen LogP contribution in [-0.2, 0) is 6.61 Å². The standard InChI is InChI=1S/C17H22N2O/c1-2-19(15-8-4-5-9-15)17-14(12-20)11-13-7-3-6-10-16(13)18-17/h3,6-7,10-11,15,20H,2,4-5,8-9,12H2,1H3. The molecule has 0 spiro atoms. The molecule has 1 aromatic heterocycles. The van der Waals surface area contributed by atoms with Crippen LogP contribution in [0.15, 0.2) is 30.3 Å². The van der Waals surface area contributed by atoms with Gasteiger partial charge in [-0.2, -0.15) is 0 Å². The number of nitrogens with zero attached hydrogens (tertiary/aromatic N) is 2. The van der Waals surface area contributed by atoms with E-state index in [-0.39, 0.29) is 6.61 Å². The molecule has 1 aromatic carbocycles. The third-order valence-electron chi connectivity index (χ3n) is 4.33. The van der Waals surface area contributed by atoms with Crippen LogP contribution in [0.5, 0.6) is 0 Å². The summed E-state index contributed by atoms with van der Waals surface area (Å²) in [6, 6.07) is 10.8. The summed E-state index contributed by atoms with van der Waals surface area (Å²) in [4.78, 5) is 7.21. The van der Waals surface area contributed by atoms with Crippen molar-refractivity contribution >= 4 is 16.7 Å². The summed E-state index contributed by atoms with van der Waals surface area (Å²) in [5.74, 6) is 0.973. The Morgan fingerprint density at radius 1 is 1.25 bits per heavy atom. The Morgan fingerprint density at radius 2 is 2.00 bits per heavy atom. The molecule has 106 valence electrons. The summed E-state index contributed by atoms with van der Waals surface area (Å²) < 4.78 is 0. The quantitative estimate of drug-likeness (QED) is 0.923.